The second kappa shape index (κ2) is 4.11. The first kappa shape index (κ1) is 9.69. The van der Waals surface area contributed by atoms with Crippen LogP contribution in [0, 0.1) is 0 Å². The molecule has 1 atom stereocenters. The van der Waals surface area contributed by atoms with Crippen molar-refractivity contribution in [3.05, 3.63) is 35.4 Å². The predicted octanol–water partition coefficient (Wildman–Crippen LogP) is 1.60. The van der Waals surface area contributed by atoms with Crippen LogP contribution in [0.25, 0.3) is 0 Å². The molecule has 1 unspecified atom stereocenters. The Kier molecular flexibility index (Phi) is 2.85. The van der Waals surface area contributed by atoms with E-state index in [1.54, 1.807) is 0 Å². The topological polar surface area (TPSA) is 46.2 Å². The van der Waals surface area contributed by atoms with Crippen LogP contribution in [0.1, 0.15) is 35.8 Å². The van der Waals surface area contributed by atoms with Gasteiger partial charge in [0.25, 0.3) is 0 Å². The number of aliphatic hydroxyl groups is 1. The van der Waals surface area contributed by atoms with Gasteiger partial charge in [0.2, 0.25) is 0 Å². The fourth-order valence-electron chi connectivity index (χ4n) is 1.77. The lowest BCUT2D eigenvalue weighted by molar-refractivity contribution is 0.268. The summed E-state index contributed by atoms with van der Waals surface area (Å²) in [7, 11) is 0. The highest BCUT2D eigenvalue weighted by Crippen LogP contribution is 2.40. The van der Waals surface area contributed by atoms with Crippen molar-refractivity contribution >= 4 is 0 Å². The molecule has 76 valence electrons. The lowest BCUT2D eigenvalue weighted by Gasteiger charge is -2.12. The molecule has 1 aliphatic carbocycles. The summed E-state index contributed by atoms with van der Waals surface area (Å²) in [6, 6.07) is 8.54. The number of rotatable bonds is 4. The predicted molar refractivity (Wildman–Crippen MR) is 57.3 cm³/mol. The maximum absolute atomic E-state index is 9.09. The van der Waals surface area contributed by atoms with E-state index in [9.17, 15) is 0 Å². The minimum absolute atomic E-state index is 0.100. The van der Waals surface area contributed by atoms with Crippen molar-refractivity contribution in [2.45, 2.75) is 24.7 Å². The van der Waals surface area contributed by atoms with Gasteiger partial charge in [0.05, 0.1) is 6.61 Å². The van der Waals surface area contributed by atoms with E-state index >= 15 is 0 Å². The van der Waals surface area contributed by atoms with Crippen LogP contribution in [-0.4, -0.2) is 18.3 Å². The molecule has 0 aromatic heterocycles. The highest BCUT2D eigenvalue weighted by atomic mass is 16.3. The van der Waals surface area contributed by atoms with Crippen molar-refractivity contribution in [1.82, 2.24) is 0 Å². The molecular weight excluding hydrogens is 174 g/mol. The van der Waals surface area contributed by atoms with Crippen LogP contribution in [0.5, 0.6) is 0 Å². The van der Waals surface area contributed by atoms with E-state index in [1.165, 1.54) is 18.4 Å². The van der Waals surface area contributed by atoms with Gasteiger partial charge in [-0.1, -0.05) is 24.3 Å². The van der Waals surface area contributed by atoms with Crippen LogP contribution in [-0.2, 0) is 0 Å². The first-order chi connectivity index (χ1) is 6.85. The van der Waals surface area contributed by atoms with Crippen molar-refractivity contribution < 1.29 is 5.11 Å². The molecule has 0 radical (unpaired) electrons. The SMILES string of the molecule is NCC(CO)c1ccc(C2CC2)cc1. The number of nitrogens with two attached hydrogens (primary N) is 1. The molecule has 0 spiro atoms. The van der Waals surface area contributed by atoms with Crippen molar-refractivity contribution in [3.8, 4) is 0 Å². The lowest BCUT2D eigenvalue weighted by Crippen LogP contribution is -2.15. The molecule has 1 fully saturated rings. The van der Waals surface area contributed by atoms with E-state index in [-0.39, 0.29) is 12.5 Å². The van der Waals surface area contributed by atoms with Crippen LogP contribution in [0.4, 0.5) is 0 Å². The molecule has 1 aromatic rings. The molecule has 1 aromatic carbocycles. The van der Waals surface area contributed by atoms with Gasteiger partial charge in [0.15, 0.2) is 0 Å². The average molecular weight is 191 g/mol. The minimum atomic E-state index is 0.100. The lowest BCUT2D eigenvalue weighted by atomic mass is 9.98. The largest absolute Gasteiger partial charge is 0.396 e. The molecule has 0 heterocycles. The monoisotopic (exact) mass is 191 g/mol. The second-order valence-corrected chi connectivity index (χ2v) is 4.06. The number of hydrogen-bond acceptors (Lipinski definition) is 2. The molecule has 0 aliphatic heterocycles. The number of aliphatic hydroxyl groups excluding tert-OH is 1. The van der Waals surface area contributed by atoms with Crippen LogP contribution in [0.2, 0.25) is 0 Å². The van der Waals surface area contributed by atoms with Crippen molar-refractivity contribution in [2.75, 3.05) is 13.2 Å². The summed E-state index contributed by atoms with van der Waals surface area (Å²) >= 11 is 0. The first-order valence-electron chi connectivity index (χ1n) is 5.26. The Bertz CT molecular complexity index is 286. The zero-order chi connectivity index (χ0) is 9.97. The quantitative estimate of drug-likeness (QED) is 0.759. The van der Waals surface area contributed by atoms with Crippen molar-refractivity contribution in [1.29, 1.82) is 0 Å². The van der Waals surface area contributed by atoms with Crippen LogP contribution in [0.3, 0.4) is 0 Å². The van der Waals surface area contributed by atoms with E-state index in [2.05, 4.69) is 24.3 Å². The van der Waals surface area contributed by atoms with Gasteiger partial charge in [-0.25, -0.2) is 0 Å². The van der Waals surface area contributed by atoms with E-state index < -0.39 is 0 Å². The maximum Gasteiger partial charge on any atom is 0.0511 e. The van der Waals surface area contributed by atoms with Gasteiger partial charge in [-0.15, -0.1) is 0 Å². The molecule has 0 bridgehead atoms. The normalized spacial score (nSPS) is 18.1. The summed E-state index contributed by atoms with van der Waals surface area (Å²) in [5, 5.41) is 9.09. The Labute approximate surface area is 84.7 Å². The number of hydrogen-bond donors (Lipinski definition) is 2. The fourth-order valence-corrected chi connectivity index (χ4v) is 1.77. The van der Waals surface area contributed by atoms with Crippen molar-refractivity contribution in [3.63, 3.8) is 0 Å². The zero-order valence-electron chi connectivity index (χ0n) is 8.32. The average Bonchev–Trinajstić information content (AvgIpc) is 3.04. The summed E-state index contributed by atoms with van der Waals surface area (Å²) < 4.78 is 0. The molecule has 2 nitrogen and oxygen atoms in total. The second-order valence-electron chi connectivity index (χ2n) is 4.06. The zero-order valence-corrected chi connectivity index (χ0v) is 8.32. The Hall–Kier alpha value is -0.860. The first-order valence-corrected chi connectivity index (χ1v) is 5.26. The fraction of sp³-hybridized carbons (Fsp3) is 0.500. The number of benzene rings is 1. The molecular formula is C12H17NO. The molecule has 2 heteroatoms. The van der Waals surface area contributed by atoms with Gasteiger partial charge < -0.3 is 10.8 Å². The maximum atomic E-state index is 9.09. The minimum Gasteiger partial charge on any atom is -0.396 e. The highest BCUT2D eigenvalue weighted by molar-refractivity contribution is 5.30. The highest BCUT2D eigenvalue weighted by Gasteiger charge is 2.23. The Balaban J connectivity index is 2.11. The Morgan fingerprint density at radius 2 is 1.93 bits per heavy atom. The van der Waals surface area contributed by atoms with Crippen LogP contribution < -0.4 is 5.73 Å². The summed E-state index contributed by atoms with van der Waals surface area (Å²) in [5.74, 6) is 0.901. The van der Waals surface area contributed by atoms with Gasteiger partial charge in [0.1, 0.15) is 0 Å². The Morgan fingerprint density at radius 1 is 1.29 bits per heavy atom. The smallest absolute Gasteiger partial charge is 0.0511 e. The molecule has 0 amide bonds. The van der Waals surface area contributed by atoms with Gasteiger partial charge >= 0.3 is 0 Å². The molecule has 14 heavy (non-hydrogen) atoms. The van der Waals surface area contributed by atoms with E-state index in [1.807, 2.05) is 0 Å². The summed E-state index contributed by atoms with van der Waals surface area (Å²) in [6.45, 7) is 0.651. The third kappa shape index (κ3) is 1.97. The van der Waals surface area contributed by atoms with Crippen molar-refractivity contribution in [2.24, 2.45) is 5.73 Å². The van der Waals surface area contributed by atoms with Gasteiger partial charge in [0, 0.05) is 12.5 Å². The molecule has 1 saturated carbocycles. The summed E-state index contributed by atoms with van der Waals surface area (Å²) in [4.78, 5) is 0. The van der Waals surface area contributed by atoms with E-state index in [0.29, 0.717) is 6.54 Å². The van der Waals surface area contributed by atoms with Gasteiger partial charge in [-0.2, -0.15) is 0 Å². The van der Waals surface area contributed by atoms with Crippen LogP contribution >= 0.6 is 0 Å². The van der Waals surface area contributed by atoms with E-state index in [0.717, 1.165) is 11.5 Å². The molecule has 0 saturated heterocycles. The standard InChI is InChI=1S/C12H17NO/c13-7-12(8-14)11-5-3-10(4-6-11)9-1-2-9/h3-6,9,12,14H,1-2,7-8,13H2. The van der Waals surface area contributed by atoms with E-state index in [4.69, 9.17) is 10.8 Å². The third-order valence-corrected chi connectivity index (χ3v) is 2.96. The molecule has 2 rings (SSSR count). The van der Waals surface area contributed by atoms with Gasteiger partial charge in [-0.05, 0) is 29.9 Å². The van der Waals surface area contributed by atoms with Gasteiger partial charge in [-0.3, -0.25) is 0 Å². The Morgan fingerprint density at radius 3 is 2.36 bits per heavy atom. The van der Waals surface area contributed by atoms with Crippen LogP contribution in [0.15, 0.2) is 24.3 Å². The third-order valence-electron chi connectivity index (χ3n) is 2.96. The summed E-state index contributed by atoms with van der Waals surface area (Å²) in [5.41, 5.74) is 8.15. The molecule has 1 aliphatic rings. The summed E-state index contributed by atoms with van der Waals surface area (Å²) in [6.07, 6.45) is 2.67. The molecule has 3 N–H and O–H groups in total.